The largest absolute Gasteiger partial charge is 0.481 e. The summed E-state index contributed by atoms with van der Waals surface area (Å²) in [6.45, 7) is 1.99. The van der Waals surface area contributed by atoms with Crippen molar-refractivity contribution in [1.29, 1.82) is 0 Å². The molecule has 0 amide bonds. The van der Waals surface area contributed by atoms with Crippen molar-refractivity contribution in [3.8, 4) is 0 Å². The van der Waals surface area contributed by atoms with Gasteiger partial charge >= 0.3 is 5.97 Å². The number of carboxylic acid groups (broad SMARTS) is 1. The molecule has 2 unspecified atom stereocenters. The highest BCUT2D eigenvalue weighted by atomic mass is 16.4. The minimum atomic E-state index is -0.880. The first-order valence-electron chi connectivity index (χ1n) is 7.78. The van der Waals surface area contributed by atoms with Gasteiger partial charge < -0.3 is 15.5 Å². The molecular weight excluding hydrogens is 266 g/mol. The van der Waals surface area contributed by atoms with E-state index in [4.69, 9.17) is 5.11 Å². The third kappa shape index (κ3) is 4.83. The fourth-order valence-electron chi connectivity index (χ4n) is 3.02. The number of rotatable bonds is 6. The van der Waals surface area contributed by atoms with Gasteiger partial charge in [-0.05, 0) is 25.3 Å². The molecule has 4 nitrogen and oxygen atoms in total. The monoisotopic (exact) mass is 291 g/mol. The molecule has 0 radical (unpaired) electrons. The Morgan fingerprint density at radius 1 is 1.24 bits per heavy atom. The number of hydrogen-bond donors (Lipinski definition) is 3. The summed E-state index contributed by atoms with van der Waals surface area (Å²) >= 11 is 0. The SMILES string of the molecule is Cc1ccc(C(O)C(CC(=O)O)NC2CCCCC2)cc1. The minimum Gasteiger partial charge on any atom is -0.481 e. The van der Waals surface area contributed by atoms with Crippen molar-refractivity contribution in [3.05, 3.63) is 35.4 Å². The van der Waals surface area contributed by atoms with Crippen LogP contribution in [0.15, 0.2) is 24.3 Å². The Morgan fingerprint density at radius 2 is 1.86 bits per heavy atom. The number of aryl methyl sites for hydroxylation is 1. The van der Waals surface area contributed by atoms with Gasteiger partial charge in [0.2, 0.25) is 0 Å². The minimum absolute atomic E-state index is 0.0639. The lowest BCUT2D eigenvalue weighted by Crippen LogP contribution is -2.44. The average Bonchev–Trinajstić information content (AvgIpc) is 2.47. The summed E-state index contributed by atoms with van der Waals surface area (Å²) in [4.78, 5) is 11.1. The fraction of sp³-hybridized carbons (Fsp3) is 0.588. The number of carbonyl (C=O) groups is 1. The number of aliphatic carboxylic acids is 1. The Hall–Kier alpha value is -1.39. The van der Waals surface area contributed by atoms with Crippen LogP contribution in [0.2, 0.25) is 0 Å². The quantitative estimate of drug-likeness (QED) is 0.754. The second-order valence-electron chi connectivity index (χ2n) is 6.06. The number of aliphatic hydroxyl groups excluding tert-OH is 1. The first kappa shape index (κ1) is 16.0. The molecule has 0 aliphatic heterocycles. The molecule has 0 aromatic heterocycles. The molecule has 1 aromatic carbocycles. The molecule has 1 aliphatic carbocycles. The predicted molar refractivity (Wildman–Crippen MR) is 82.2 cm³/mol. The van der Waals surface area contributed by atoms with Crippen molar-refractivity contribution in [2.24, 2.45) is 0 Å². The molecule has 1 saturated carbocycles. The van der Waals surface area contributed by atoms with E-state index in [0.29, 0.717) is 6.04 Å². The number of hydrogen-bond acceptors (Lipinski definition) is 3. The molecule has 0 bridgehead atoms. The van der Waals surface area contributed by atoms with Gasteiger partial charge in [-0.3, -0.25) is 4.79 Å². The third-order valence-corrected chi connectivity index (χ3v) is 4.25. The van der Waals surface area contributed by atoms with Crippen molar-refractivity contribution in [3.63, 3.8) is 0 Å². The van der Waals surface area contributed by atoms with Gasteiger partial charge in [0, 0.05) is 12.1 Å². The smallest absolute Gasteiger partial charge is 0.305 e. The van der Waals surface area contributed by atoms with Gasteiger partial charge in [-0.1, -0.05) is 49.1 Å². The summed E-state index contributed by atoms with van der Waals surface area (Å²) in [5, 5.41) is 23.0. The fourth-order valence-corrected chi connectivity index (χ4v) is 3.02. The van der Waals surface area contributed by atoms with Crippen LogP contribution in [-0.2, 0) is 4.79 Å². The average molecular weight is 291 g/mol. The maximum Gasteiger partial charge on any atom is 0.305 e. The summed E-state index contributed by atoms with van der Waals surface area (Å²) < 4.78 is 0. The van der Waals surface area contributed by atoms with E-state index in [1.165, 1.54) is 19.3 Å². The van der Waals surface area contributed by atoms with E-state index in [0.717, 1.165) is 24.0 Å². The lowest BCUT2D eigenvalue weighted by Gasteiger charge is -2.30. The first-order valence-corrected chi connectivity index (χ1v) is 7.78. The van der Waals surface area contributed by atoms with Crippen LogP contribution < -0.4 is 5.32 Å². The molecule has 2 rings (SSSR count). The van der Waals surface area contributed by atoms with Crippen LogP contribution >= 0.6 is 0 Å². The van der Waals surface area contributed by atoms with Crippen LogP contribution in [0.3, 0.4) is 0 Å². The van der Waals surface area contributed by atoms with Gasteiger partial charge in [-0.2, -0.15) is 0 Å². The van der Waals surface area contributed by atoms with E-state index >= 15 is 0 Å². The van der Waals surface area contributed by atoms with Crippen LogP contribution in [0.5, 0.6) is 0 Å². The number of benzene rings is 1. The molecule has 0 spiro atoms. The van der Waals surface area contributed by atoms with Crippen LogP contribution in [0.1, 0.15) is 55.8 Å². The molecule has 3 N–H and O–H groups in total. The highest BCUT2D eigenvalue weighted by Gasteiger charge is 2.26. The summed E-state index contributed by atoms with van der Waals surface area (Å²) in [6.07, 6.45) is 4.89. The van der Waals surface area contributed by atoms with Crippen LogP contribution in [0.4, 0.5) is 0 Å². The molecule has 2 atom stereocenters. The van der Waals surface area contributed by atoms with Crippen molar-refractivity contribution >= 4 is 5.97 Å². The molecule has 4 heteroatoms. The van der Waals surface area contributed by atoms with Crippen molar-refractivity contribution < 1.29 is 15.0 Å². The van der Waals surface area contributed by atoms with Gasteiger partial charge in [0.15, 0.2) is 0 Å². The van der Waals surface area contributed by atoms with Crippen LogP contribution in [-0.4, -0.2) is 28.3 Å². The van der Waals surface area contributed by atoms with E-state index in [-0.39, 0.29) is 6.42 Å². The molecule has 21 heavy (non-hydrogen) atoms. The topological polar surface area (TPSA) is 69.6 Å². The zero-order valence-corrected chi connectivity index (χ0v) is 12.6. The Bertz CT molecular complexity index is 452. The lowest BCUT2D eigenvalue weighted by molar-refractivity contribution is -0.138. The van der Waals surface area contributed by atoms with E-state index in [1.54, 1.807) is 0 Å². The Labute approximate surface area is 126 Å². The van der Waals surface area contributed by atoms with Gasteiger partial charge in [-0.15, -0.1) is 0 Å². The van der Waals surface area contributed by atoms with E-state index in [9.17, 15) is 9.90 Å². The maximum atomic E-state index is 11.1. The molecule has 1 fully saturated rings. The first-order chi connectivity index (χ1) is 10.1. The zero-order valence-electron chi connectivity index (χ0n) is 12.6. The Morgan fingerprint density at radius 3 is 2.43 bits per heavy atom. The molecular formula is C17H25NO3. The normalized spacial score (nSPS) is 19.1. The summed E-state index contributed by atoms with van der Waals surface area (Å²) in [6, 6.07) is 7.51. The summed E-state index contributed by atoms with van der Waals surface area (Å²) in [5.74, 6) is -0.880. The zero-order chi connectivity index (χ0) is 15.2. The third-order valence-electron chi connectivity index (χ3n) is 4.25. The van der Waals surface area contributed by atoms with Gasteiger partial charge in [0.25, 0.3) is 0 Å². The van der Waals surface area contributed by atoms with E-state index < -0.39 is 18.1 Å². The van der Waals surface area contributed by atoms with Crippen LogP contribution in [0, 0.1) is 6.92 Å². The van der Waals surface area contributed by atoms with E-state index in [2.05, 4.69) is 5.32 Å². The van der Waals surface area contributed by atoms with E-state index in [1.807, 2.05) is 31.2 Å². The Balaban J connectivity index is 2.06. The highest BCUT2D eigenvalue weighted by Crippen LogP contribution is 2.23. The van der Waals surface area contributed by atoms with Crippen molar-refractivity contribution in [2.75, 3.05) is 0 Å². The number of carboxylic acids is 1. The van der Waals surface area contributed by atoms with Gasteiger partial charge in [-0.25, -0.2) is 0 Å². The molecule has 0 heterocycles. The molecule has 116 valence electrons. The molecule has 0 saturated heterocycles. The summed E-state index contributed by atoms with van der Waals surface area (Å²) in [7, 11) is 0. The van der Waals surface area contributed by atoms with Crippen molar-refractivity contribution in [2.45, 2.75) is 63.6 Å². The Kier molecular flexibility index (Phi) is 5.76. The predicted octanol–water partition coefficient (Wildman–Crippen LogP) is 2.79. The number of nitrogens with one attached hydrogen (secondary N) is 1. The second kappa shape index (κ2) is 7.57. The van der Waals surface area contributed by atoms with Crippen molar-refractivity contribution in [1.82, 2.24) is 5.32 Å². The highest BCUT2D eigenvalue weighted by molar-refractivity contribution is 5.67. The molecule has 1 aromatic rings. The lowest BCUT2D eigenvalue weighted by atomic mass is 9.92. The van der Waals surface area contributed by atoms with Gasteiger partial charge in [0.05, 0.1) is 12.5 Å². The molecule has 1 aliphatic rings. The van der Waals surface area contributed by atoms with Gasteiger partial charge in [0.1, 0.15) is 0 Å². The standard InChI is InChI=1S/C17H25NO3/c1-12-7-9-13(10-8-12)17(21)15(11-16(19)20)18-14-5-3-2-4-6-14/h7-10,14-15,17-18,21H,2-6,11H2,1H3,(H,19,20). The van der Waals surface area contributed by atoms with Crippen LogP contribution in [0.25, 0.3) is 0 Å². The second-order valence-corrected chi connectivity index (χ2v) is 6.06. The summed E-state index contributed by atoms with van der Waals surface area (Å²) in [5.41, 5.74) is 1.90. The maximum absolute atomic E-state index is 11.1. The number of aliphatic hydroxyl groups is 1.